The van der Waals surface area contributed by atoms with Gasteiger partial charge in [-0.3, -0.25) is 0 Å². The number of unbranched alkanes of at least 4 members (excludes halogenated alkanes) is 2. The van der Waals surface area contributed by atoms with Gasteiger partial charge >= 0.3 is 0 Å². The van der Waals surface area contributed by atoms with Crippen LogP contribution in [0.1, 0.15) is 58.8 Å². The van der Waals surface area contributed by atoms with Crippen LogP contribution in [0.4, 0.5) is 0 Å². The molecule has 0 heteroatoms. The molecule has 0 aliphatic heterocycles. The van der Waals surface area contributed by atoms with E-state index in [1.165, 1.54) is 44.9 Å². The molecule has 1 unspecified atom stereocenters. The predicted octanol–water partition coefficient (Wildman–Crippen LogP) is 4.00. The Morgan fingerprint density at radius 1 is 1.18 bits per heavy atom. The van der Waals surface area contributed by atoms with Crippen molar-refractivity contribution in [1.29, 1.82) is 0 Å². The molecule has 1 fully saturated rings. The van der Waals surface area contributed by atoms with Crippen LogP contribution in [0, 0.1) is 11.8 Å². The third-order valence-electron chi connectivity index (χ3n) is 3.02. The molecule has 0 bridgehead atoms. The van der Waals surface area contributed by atoms with Gasteiger partial charge in [-0.1, -0.05) is 52.4 Å². The Kier molecular flexibility index (Phi) is 3.96. The Morgan fingerprint density at radius 3 is 2.55 bits per heavy atom. The molecule has 0 heterocycles. The van der Waals surface area contributed by atoms with Gasteiger partial charge in [0.1, 0.15) is 0 Å². The smallest absolute Gasteiger partial charge is 0.0412 e. The van der Waals surface area contributed by atoms with Crippen molar-refractivity contribution in [2.75, 3.05) is 0 Å². The normalized spacial score (nSPS) is 31.1. The average Bonchev–Trinajstić information content (AvgIpc) is 2.37. The maximum absolute atomic E-state index is 2.40. The summed E-state index contributed by atoms with van der Waals surface area (Å²) in [5.41, 5.74) is 0. The van der Waals surface area contributed by atoms with E-state index in [1.54, 1.807) is 0 Å². The molecule has 0 nitrogen and oxygen atoms in total. The minimum atomic E-state index is 1.03. The van der Waals surface area contributed by atoms with Crippen LogP contribution >= 0.6 is 0 Å². The van der Waals surface area contributed by atoms with E-state index in [-0.39, 0.29) is 0 Å². The molecule has 0 amide bonds. The van der Waals surface area contributed by atoms with Crippen molar-refractivity contribution in [3.8, 4) is 0 Å². The minimum Gasteiger partial charge on any atom is -0.0654 e. The third-order valence-corrected chi connectivity index (χ3v) is 3.02. The highest BCUT2D eigenvalue weighted by Crippen LogP contribution is 2.33. The Bertz CT molecular complexity index is 96.2. The zero-order valence-electron chi connectivity index (χ0n) is 8.10. The molecule has 1 rings (SSSR count). The lowest BCUT2D eigenvalue weighted by Crippen LogP contribution is -1.93. The topological polar surface area (TPSA) is 0 Å². The van der Waals surface area contributed by atoms with Gasteiger partial charge in [0, 0.05) is 0 Å². The van der Waals surface area contributed by atoms with Gasteiger partial charge in [-0.2, -0.15) is 0 Å². The maximum atomic E-state index is 2.40. The molecule has 1 aliphatic rings. The molecule has 0 aromatic rings. The van der Waals surface area contributed by atoms with E-state index in [0.717, 1.165) is 11.8 Å². The van der Waals surface area contributed by atoms with Crippen LogP contribution < -0.4 is 0 Å². The molecule has 0 aromatic heterocycles. The lowest BCUT2D eigenvalue weighted by atomic mass is 9.99. The Morgan fingerprint density at radius 2 is 2.00 bits per heavy atom. The summed E-state index contributed by atoms with van der Waals surface area (Å²) in [7, 11) is 0. The zero-order chi connectivity index (χ0) is 8.10. The van der Waals surface area contributed by atoms with Gasteiger partial charge in [-0.05, 0) is 18.3 Å². The van der Waals surface area contributed by atoms with Crippen LogP contribution in [-0.4, -0.2) is 0 Å². The van der Waals surface area contributed by atoms with Gasteiger partial charge in [0.25, 0.3) is 0 Å². The molecule has 2 atom stereocenters. The summed E-state index contributed by atoms with van der Waals surface area (Å²) < 4.78 is 0. The molecule has 0 aromatic carbocycles. The van der Waals surface area contributed by atoms with Crippen LogP contribution in [-0.2, 0) is 0 Å². The summed E-state index contributed by atoms with van der Waals surface area (Å²) in [6.45, 7) is 4.69. The van der Waals surface area contributed by atoms with Gasteiger partial charge in [0.2, 0.25) is 0 Å². The Labute approximate surface area is 71.4 Å². The van der Waals surface area contributed by atoms with Crippen molar-refractivity contribution in [2.24, 2.45) is 11.8 Å². The van der Waals surface area contributed by atoms with Gasteiger partial charge < -0.3 is 0 Å². The summed E-state index contributed by atoms with van der Waals surface area (Å²) >= 11 is 0. The average molecular weight is 154 g/mol. The Balaban J connectivity index is 1.99. The predicted molar refractivity (Wildman–Crippen MR) is 50.6 cm³/mol. The van der Waals surface area contributed by atoms with E-state index < -0.39 is 0 Å². The molecule has 0 saturated heterocycles. The number of hydrogen-bond acceptors (Lipinski definition) is 0. The first-order valence-electron chi connectivity index (χ1n) is 5.33. The van der Waals surface area contributed by atoms with E-state index >= 15 is 0 Å². The standard InChI is InChI=1S/C11H22/c1-3-4-5-6-11-8-7-10(2)9-11/h10-11H,3-9H2,1-2H3/t10?,11-/m0/s1. The second-order valence-corrected chi connectivity index (χ2v) is 4.28. The van der Waals surface area contributed by atoms with E-state index in [4.69, 9.17) is 0 Å². The monoisotopic (exact) mass is 154 g/mol. The first kappa shape index (κ1) is 9.09. The fourth-order valence-electron chi connectivity index (χ4n) is 2.27. The highest BCUT2D eigenvalue weighted by Gasteiger charge is 2.20. The van der Waals surface area contributed by atoms with Crippen LogP contribution in [0.2, 0.25) is 0 Å². The maximum Gasteiger partial charge on any atom is -0.0412 e. The summed E-state index contributed by atoms with van der Waals surface area (Å²) in [5.74, 6) is 2.12. The molecular formula is C11H22. The highest BCUT2D eigenvalue weighted by atomic mass is 14.3. The first-order chi connectivity index (χ1) is 5.33. The van der Waals surface area contributed by atoms with E-state index in [9.17, 15) is 0 Å². The van der Waals surface area contributed by atoms with Crippen molar-refractivity contribution in [2.45, 2.75) is 58.8 Å². The van der Waals surface area contributed by atoms with Crippen LogP contribution in [0.25, 0.3) is 0 Å². The summed E-state index contributed by atoms with van der Waals surface area (Å²) in [6, 6.07) is 0. The minimum absolute atomic E-state index is 1.03. The quantitative estimate of drug-likeness (QED) is 0.537. The molecule has 1 saturated carbocycles. The van der Waals surface area contributed by atoms with E-state index in [1.807, 2.05) is 0 Å². The molecular weight excluding hydrogens is 132 g/mol. The zero-order valence-corrected chi connectivity index (χ0v) is 8.10. The van der Waals surface area contributed by atoms with Crippen LogP contribution in [0.5, 0.6) is 0 Å². The second-order valence-electron chi connectivity index (χ2n) is 4.28. The molecule has 66 valence electrons. The highest BCUT2D eigenvalue weighted by molar-refractivity contribution is 4.72. The van der Waals surface area contributed by atoms with Gasteiger partial charge in [0.15, 0.2) is 0 Å². The van der Waals surface area contributed by atoms with Gasteiger partial charge in [-0.15, -0.1) is 0 Å². The van der Waals surface area contributed by atoms with Crippen LogP contribution in [0.3, 0.4) is 0 Å². The lowest BCUT2D eigenvalue weighted by molar-refractivity contribution is 0.454. The largest absolute Gasteiger partial charge is 0.0654 e. The fourth-order valence-corrected chi connectivity index (χ4v) is 2.27. The molecule has 0 N–H and O–H groups in total. The van der Waals surface area contributed by atoms with Crippen molar-refractivity contribution in [3.63, 3.8) is 0 Å². The molecule has 0 spiro atoms. The summed E-state index contributed by atoms with van der Waals surface area (Å²) in [5, 5.41) is 0. The molecule has 0 radical (unpaired) electrons. The number of hydrogen-bond donors (Lipinski definition) is 0. The van der Waals surface area contributed by atoms with Gasteiger partial charge in [0.05, 0.1) is 0 Å². The lowest BCUT2D eigenvalue weighted by Gasteiger charge is -2.07. The van der Waals surface area contributed by atoms with E-state index in [0.29, 0.717) is 0 Å². The number of rotatable bonds is 4. The van der Waals surface area contributed by atoms with Crippen molar-refractivity contribution < 1.29 is 0 Å². The first-order valence-corrected chi connectivity index (χ1v) is 5.33. The van der Waals surface area contributed by atoms with Crippen molar-refractivity contribution in [1.82, 2.24) is 0 Å². The molecule has 11 heavy (non-hydrogen) atoms. The fraction of sp³-hybridized carbons (Fsp3) is 1.00. The third kappa shape index (κ3) is 3.27. The van der Waals surface area contributed by atoms with Gasteiger partial charge in [-0.25, -0.2) is 0 Å². The van der Waals surface area contributed by atoms with E-state index in [2.05, 4.69) is 13.8 Å². The van der Waals surface area contributed by atoms with Crippen LogP contribution in [0.15, 0.2) is 0 Å². The summed E-state index contributed by atoms with van der Waals surface area (Å²) in [6.07, 6.45) is 10.4. The van der Waals surface area contributed by atoms with Crippen molar-refractivity contribution >= 4 is 0 Å². The van der Waals surface area contributed by atoms with Crippen molar-refractivity contribution in [3.05, 3.63) is 0 Å². The Hall–Kier alpha value is 0. The molecule has 1 aliphatic carbocycles. The SMILES string of the molecule is CCCCC[C@H]1CCC(C)C1. The summed E-state index contributed by atoms with van der Waals surface area (Å²) in [4.78, 5) is 0. The second kappa shape index (κ2) is 4.79.